The Morgan fingerprint density at radius 1 is 1.11 bits per heavy atom. The smallest absolute Gasteiger partial charge is 0.299 e. The van der Waals surface area contributed by atoms with E-state index in [-0.39, 0.29) is 5.56 Å². The molecule has 0 N–H and O–H groups in total. The Morgan fingerprint density at radius 2 is 1.78 bits per heavy atom. The normalized spacial score (nSPS) is 18.0. The molecule has 2 rings (SSSR count). The average Bonchev–Trinajstić information content (AvgIpc) is 2.28. The summed E-state index contributed by atoms with van der Waals surface area (Å²) in [5.41, 5.74) is -0.297. The fourth-order valence-electron chi connectivity index (χ4n) is 2.33. The molecule has 1 fully saturated rings. The Hall–Kier alpha value is -0.740. The molecule has 0 aromatic heterocycles. The van der Waals surface area contributed by atoms with Crippen molar-refractivity contribution in [1.82, 2.24) is 4.90 Å². The van der Waals surface area contributed by atoms with E-state index in [0.717, 1.165) is 38.4 Å². The molecule has 0 atom stereocenters. The van der Waals surface area contributed by atoms with E-state index in [0.29, 0.717) is 11.6 Å². The first kappa shape index (κ1) is 13.7. The van der Waals surface area contributed by atoms with E-state index in [4.69, 9.17) is 11.6 Å². The van der Waals surface area contributed by atoms with Crippen LogP contribution in [0.3, 0.4) is 0 Å². The lowest BCUT2D eigenvalue weighted by molar-refractivity contribution is -0.138. The van der Waals surface area contributed by atoms with Gasteiger partial charge in [-0.05, 0) is 49.7 Å². The highest BCUT2D eigenvalue weighted by Crippen LogP contribution is 2.34. The number of nitrogens with zero attached hydrogens (tertiary/aromatic N) is 1. The third kappa shape index (κ3) is 3.39. The van der Waals surface area contributed by atoms with Crippen LogP contribution in [0.25, 0.3) is 0 Å². The van der Waals surface area contributed by atoms with Crippen LogP contribution in [-0.2, 0) is 12.7 Å². The molecule has 0 spiro atoms. The van der Waals surface area contributed by atoms with Crippen LogP contribution >= 0.6 is 11.6 Å². The van der Waals surface area contributed by atoms with Crippen LogP contribution in [0, 0.1) is 0 Å². The van der Waals surface area contributed by atoms with Gasteiger partial charge in [-0.15, -0.1) is 0 Å². The molecule has 0 bridgehead atoms. The van der Waals surface area contributed by atoms with Gasteiger partial charge in [0.25, 0.3) is 0 Å². The molecule has 1 heterocycles. The molecule has 0 saturated carbocycles. The van der Waals surface area contributed by atoms with E-state index < -0.39 is 11.7 Å². The molecule has 0 unspecified atom stereocenters. The molecule has 1 aromatic carbocycles. The Kier molecular flexibility index (Phi) is 4.17. The maximum atomic E-state index is 12.9. The van der Waals surface area contributed by atoms with Gasteiger partial charge < -0.3 is 0 Å². The van der Waals surface area contributed by atoms with Crippen molar-refractivity contribution in [3.8, 4) is 0 Å². The minimum absolute atomic E-state index is 0.275. The van der Waals surface area contributed by atoms with Gasteiger partial charge in [-0.2, -0.15) is 13.2 Å². The van der Waals surface area contributed by atoms with Gasteiger partial charge in [-0.1, -0.05) is 18.0 Å². The number of alkyl halides is 3. The molecule has 0 radical (unpaired) electrons. The molecule has 1 nitrogen and oxygen atoms in total. The number of rotatable bonds is 2. The van der Waals surface area contributed by atoms with Crippen molar-refractivity contribution < 1.29 is 13.2 Å². The zero-order valence-corrected chi connectivity index (χ0v) is 10.7. The molecule has 1 aromatic rings. The van der Waals surface area contributed by atoms with Gasteiger partial charge in [0, 0.05) is 11.6 Å². The number of hydrogen-bond acceptors (Lipinski definition) is 1. The standard InChI is InChI=1S/C13H15ClF3N/c14-11-4-5-12(13(15,16)17)10(8-11)9-18-6-2-1-3-7-18/h4-5,8H,1-3,6-7,9H2. The van der Waals surface area contributed by atoms with E-state index in [1.54, 1.807) is 0 Å². The predicted molar refractivity (Wildman–Crippen MR) is 65.6 cm³/mol. The van der Waals surface area contributed by atoms with Gasteiger partial charge in [0.15, 0.2) is 0 Å². The monoisotopic (exact) mass is 277 g/mol. The molecule has 0 aliphatic carbocycles. The third-order valence-electron chi connectivity index (χ3n) is 3.22. The van der Waals surface area contributed by atoms with Gasteiger partial charge in [-0.25, -0.2) is 0 Å². The van der Waals surface area contributed by atoms with E-state index in [9.17, 15) is 13.2 Å². The van der Waals surface area contributed by atoms with Crippen LogP contribution in [-0.4, -0.2) is 18.0 Å². The van der Waals surface area contributed by atoms with Crippen molar-refractivity contribution in [2.45, 2.75) is 32.0 Å². The minimum atomic E-state index is -4.31. The van der Waals surface area contributed by atoms with Crippen LogP contribution in [0.1, 0.15) is 30.4 Å². The maximum absolute atomic E-state index is 12.9. The number of benzene rings is 1. The topological polar surface area (TPSA) is 3.24 Å². The van der Waals surface area contributed by atoms with Crippen LogP contribution in [0.15, 0.2) is 18.2 Å². The Bertz CT molecular complexity index is 411. The molecule has 1 aliphatic heterocycles. The lowest BCUT2D eigenvalue weighted by Gasteiger charge is -2.27. The second-order valence-corrected chi connectivity index (χ2v) is 5.07. The number of halogens is 4. The molecule has 1 saturated heterocycles. The number of likely N-dealkylation sites (tertiary alicyclic amines) is 1. The van der Waals surface area contributed by atoms with E-state index >= 15 is 0 Å². The van der Waals surface area contributed by atoms with Crippen molar-refractivity contribution in [3.63, 3.8) is 0 Å². The first-order valence-electron chi connectivity index (χ1n) is 6.05. The summed E-state index contributed by atoms with van der Waals surface area (Å²) >= 11 is 5.80. The summed E-state index contributed by atoms with van der Waals surface area (Å²) in [5, 5.41) is 0.356. The second-order valence-electron chi connectivity index (χ2n) is 4.64. The van der Waals surface area contributed by atoms with Gasteiger partial charge >= 0.3 is 6.18 Å². The van der Waals surface area contributed by atoms with Crippen LogP contribution in [0.5, 0.6) is 0 Å². The van der Waals surface area contributed by atoms with Crippen molar-refractivity contribution in [2.75, 3.05) is 13.1 Å². The van der Waals surface area contributed by atoms with Gasteiger partial charge in [0.2, 0.25) is 0 Å². The summed E-state index contributed by atoms with van der Waals surface area (Å²) < 4.78 is 38.6. The van der Waals surface area contributed by atoms with Gasteiger partial charge in [-0.3, -0.25) is 4.90 Å². The molecular weight excluding hydrogens is 263 g/mol. The fraction of sp³-hybridized carbons (Fsp3) is 0.538. The van der Waals surface area contributed by atoms with Gasteiger partial charge in [0.05, 0.1) is 5.56 Å². The van der Waals surface area contributed by atoms with Crippen molar-refractivity contribution in [3.05, 3.63) is 34.3 Å². The Labute approximate surface area is 110 Å². The Morgan fingerprint density at radius 3 is 2.39 bits per heavy atom. The quantitative estimate of drug-likeness (QED) is 0.777. The maximum Gasteiger partial charge on any atom is 0.416 e. The highest BCUT2D eigenvalue weighted by atomic mass is 35.5. The molecule has 5 heteroatoms. The van der Waals surface area contributed by atoms with Crippen molar-refractivity contribution >= 4 is 11.6 Å². The minimum Gasteiger partial charge on any atom is -0.299 e. The summed E-state index contributed by atoms with van der Waals surface area (Å²) in [6.45, 7) is 2.06. The van der Waals surface area contributed by atoms with Crippen molar-refractivity contribution in [1.29, 1.82) is 0 Å². The molecule has 100 valence electrons. The van der Waals surface area contributed by atoms with Gasteiger partial charge in [0.1, 0.15) is 0 Å². The highest BCUT2D eigenvalue weighted by Gasteiger charge is 2.33. The largest absolute Gasteiger partial charge is 0.416 e. The number of piperidine rings is 1. The van der Waals surface area contributed by atoms with E-state index in [1.807, 2.05) is 0 Å². The molecule has 1 aliphatic rings. The first-order valence-corrected chi connectivity index (χ1v) is 6.42. The fourth-order valence-corrected chi connectivity index (χ4v) is 2.52. The van der Waals surface area contributed by atoms with Crippen LogP contribution in [0.4, 0.5) is 13.2 Å². The first-order chi connectivity index (χ1) is 8.47. The van der Waals surface area contributed by atoms with Crippen LogP contribution < -0.4 is 0 Å². The van der Waals surface area contributed by atoms with Crippen molar-refractivity contribution in [2.24, 2.45) is 0 Å². The molecule has 18 heavy (non-hydrogen) atoms. The number of hydrogen-bond donors (Lipinski definition) is 0. The zero-order chi connectivity index (χ0) is 13.2. The summed E-state index contributed by atoms with van der Waals surface area (Å²) in [4.78, 5) is 2.06. The summed E-state index contributed by atoms with van der Waals surface area (Å²) in [5.74, 6) is 0. The Balaban J connectivity index is 2.21. The summed E-state index contributed by atoms with van der Waals surface area (Å²) in [6.07, 6.45) is -1.03. The summed E-state index contributed by atoms with van der Waals surface area (Å²) in [6, 6.07) is 3.80. The SMILES string of the molecule is FC(F)(F)c1ccc(Cl)cc1CN1CCCCC1. The predicted octanol–water partition coefficient (Wildman–Crippen LogP) is 4.34. The van der Waals surface area contributed by atoms with Crippen LogP contribution in [0.2, 0.25) is 5.02 Å². The average molecular weight is 278 g/mol. The molecular formula is C13H15ClF3N. The summed E-state index contributed by atoms with van der Waals surface area (Å²) in [7, 11) is 0. The highest BCUT2D eigenvalue weighted by molar-refractivity contribution is 6.30. The van der Waals surface area contributed by atoms with E-state index in [2.05, 4.69) is 4.90 Å². The lowest BCUT2D eigenvalue weighted by Crippen LogP contribution is -2.30. The second kappa shape index (κ2) is 5.49. The zero-order valence-electron chi connectivity index (χ0n) is 9.93. The lowest BCUT2D eigenvalue weighted by atomic mass is 10.0. The third-order valence-corrected chi connectivity index (χ3v) is 3.45. The molecule has 0 amide bonds. The van der Waals surface area contributed by atoms with E-state index in [1.165, 1.54) is 12.1 Å².